The summed E-state index contributed by atoms with van der Waals surface area (Å²) in [6.07, 6.45) is 4.00. The van der Waals surface area contributed by atoms with E-state index in [-0.39, 0.29) is 12.6 Å². The standard InChI is InChI=1S/C13H20N2O4/c16-11(17)13(4-5-19-8-13)14-12(18)15-6-9-2-1-3-10(9)7-15/h9-10H,1-8H2,(H,14,18)(H,16,17). The van der Waals surface area contributed by atoms with Crippen LogP contribution in [0.25, 0.3) is 0 Å². The van der Waals surface area contributed by atoms with E-state index in [9.17, 15) is 14.7 Å². The molecule has 0 aromatic heterocycles. The van der Waals surface area contributed by atoms with Gasteiger partial charge in [-0.2, -0.15) is 0 Å². The van der Waals surface area contributed by atoms with Gasteiger partial charge in [-0.05, 0) is 24.7 Å². The summed E-state index contributed by atoms with van der Waals surface area (Å²) in [7, 11) is 0. The summed E-state index contributed by atoms with van der Waals surface area (Å²) in [5.41, 5.74) is -1.23. The van der Waals surface area contributed by atoms with Crippen molar-refractivity contribution in [2.45, 2.75) is 31.2 Å². The highest BCUT2D eigenvalue weighted by Crippen LogP contribution is 2.37. The fourth-order valence-corrected chi connectivity index (χ4v) is 3.57. The average molecular weight is 268 g/mol. The summed E-state index contributed by atoms with van der Waals surface area (Å²) in [5, 5.41) is 12.0. The van der Waals surface area contributed by atoms with Crippen molar-refractivity contribution in [3.05, 3.63) is 0 Å². The van der Waals surface area contributed by atoms with E-state index in [1.165, 1.54) is 19.3 Å². The van der Waals surface area contributed by atoms with E-state index < -0.39 is 11.5 Å². The Bertz CT molecular complexity index is 380. The van der Waals surface area contributed by atoms with E-state index in [1.807, 2.05) is 0 Å². The van der Waals surface area contributed by atoms with Gasteiger partial charge >= 0.3 is 12.0 Å². The number of nitrogens with zero attached hydrogens (tertiary/aromatic N) is 1. The predicted molar refractivity (Wildman–Crippen MR) is 66.7 cm³/mol. The zero-order chi connectivity index (χ0) is 13.5. The van der Waals surface area contributed by atoms with Crippen LogP contribution in [0.5, 0.6) is 0 Å². The number of nitrogens with one attached hydrogen (secondary N) is 1. The van der Waals surface area contributed by atoms with Crippen molar-refractivity contribution in [1.82, 2.24) is 10.2 Å². The monoisotopic (exact) mass is 268 g/mol. The molecule has 3 rings (SSSR count). The summed E-state index contributed by atoms with van der Waals surface area (Å²) >= 11 is 0. The summed E-state index contributed by atoms with van der Waals surface area (Å²) in [4.78, 5) is 25.4. The maximum Gasteiger partial charge on any atom is 0.332 e. The van der Waals surface area contributed by atoms with E-state index in [0.717, 1.165) is 13.1 Å². The minimum absolute atomic E-state index is 0.0643. The van der Waals surface area contributed by atoms with Gasteiger partial charge in [0.15, 0.2) is 5.54 Å². The molecule has 19 heavy (non-hydrogen) atoms. The zero-order valence-corrected chi connectivity index (χ0v) is 10.9. The van der Waals surface area contributed by atoms with Crippen molar-refractivity contribution in [3.8, 4) is 0 Å². The predicted octanol–water partition coefficient (Wildman–Crippen LogP) is 0.672. The first-order chi connectivity index (χ1) is 9.11. The van der Waals surface area contributed by atoms with E-state index >= 15 is 0 Å². The molecule has 106 valence electrons. The number of fused-ring (bicyclic) bond motifs is 1. The Morgan fingerprint density at radius 2 is 1.95 bits per heavy atom. The van der Waals surface area contributed by atoms with Crippen molar-refractivity contribution >= 4 is 12.0 Å². The third kappa shape index (κ3) is 2.18. The van der Waals surface area contributed by atoms with Gasteiger partial charge in [0.05, 0.1) is 6.61 Å². The lowest BCUT2D eigenvalue weighted by atomic mass is 9.99. The first-order valence-electron chi connectivity index (χ1n) is 6.99. The van der Waals surface area contributed by atoms with Crippen LogP contribution in [0.4, 0.5) is 4.79 Å². The van der Waals surface area contributed by atoms with Crippen molar-refractivity contribution in [3.63, 3.8) is 0 Å². The lowest BCUT2D eigenvalue weighted by molar-refractivity contribution is -0.144. The van der Waals surface area contributed by atoms with Crippen LogP contribution in [-0.2, 0) is 9.53 Å². The van der Waals surface area contributed by atoms with Crippen LogP contribution in [0, 0.1) is 11.8 Å². The average Bonchev–Trinajstić information content (AvgIpc) is 3.02. The molecule has 1 aliphatic carbocycles. The maximum absolute atomic E-state index is 12.2. The molecule has 2 heterocycles. The first kappa shape index (κ1) is 12.7. The molecule has 0 bridgehead atoms. The van der Waals surface area contributed by atoms with Gasteiger partial charge < -0.3 is 20.1 Å². The highest BCUT2D eigenvalue weighted by Gasteiger charge is 2.46. The number of carbonyl (C=O) groups is 2. The van der Waals surface area contributed by atoms with Crippen molar-refractivity contribution in [1.29, 1.82) is 0 Å². The third-order valence-electron chi connectivity index (χ3n) is 4.79. The van der Waals surface area contributed by atoms with Crippen molar-refractivity contribution < 1.29 is 19.4 Å². The second kappa shape index (κ2) is 4.67. The van der Waals surface area contributed by atoms with Crippen LogP contribution in [0.2, 0.25) is 0 Å². The van der Waals surface area contributed by atoms with Crippen LogP contribution >= 0.6 is 0 Å². The highest BCUT2D eigenvalue weighted by molar-refractivity contribution is 5.86. The Morgan fingerprint density at radius 3 is 2.47 bits per heavy atom. The maximum atomic E-state index is 12.2. The molecule has 0 aromatic rings. The van der Waals surface area contributed by atoms with Gasteiger partial charge in [-0.25, -0.2) is 9.59 Å². The smallest absolute Gasteiger partial charge is 0.332 e. The molecule has 6 nitrogen and oxygen atoms in total. The number of hydrogen-bond acceptors (Lipinski definition) is 3. The topological polar surface area (TPSA) is 78.9 Å². The Morgan fingerprint density at radius 1 is 1.26 bits per heavy atom. The van der Waals surface area contributed by atoms with Gasteiger partial charge in [0, 0.05) is 26.1 Å². The fraction of sp³-hybridized carbons (Fsp3) is 0.846. The number of amides is 2. The number of carboxylic acid groups (broad SMARTS) is 1. The normalized spacial score (nSPS) is 37.4. The lowest BCUT2D eigenvalue weighted by Crippen LogP contribution is -2.58. The van der Waals surface area contributed by atoms with Gasteiger partial charge in [0.25, 0.3) is 0 Å². The van der Waals surface area contributed by atoms with Gasteiger partial charge in [-0.1, -0.05) is 6.42 Å². The largest absolute Gasteiger partial charge is 0.479 e. The molecule has 3 aliphatic rings. The molecule has 0 radical (unpaired) electrons. The van der Waals surface area contributed by atoms with E-state index in [4.69, 9.17) is 4.74 Å². The van der Waals surface area contributed by atoms with Crippen LogP contribution < -0.4 is 5.32 Å². The molecule has 2 aliphatic heterocycles. The Kier molecular flexibility index (Phi) is 3.12. The number of carboxylic acids is 1. The summed E-state index contributed by atoms with van der Waals surface area (Å²) in [5.74, 6) is 0.232. The van der Waals surface area contributed by atoms with E-state index in [1.54, 1.807) is 4.90 Å². The number of urea groups is 1. The molecule has 6 heteroatoms. The molecule has 2 saturated heterocycles. The van der Waals surface area contributed by atoms with Gasteiger partial charge in [-0.15, -0.1) is 0 Å². The number of hydrogen-bond donors (Lipinski definition) is 2. The highest BCUT2D eigenvalue weighted by atomic mass is 16.5. The molecule has 3 unspecified atom stereocenters. The fourth-order valence-electron chi connectivity index (χ4n) is 3.57. The third-order valence-corrected chi connectivity index (χ3v) is 4.79. The van der Waals surface area contributed by atoms with Crippen LogP contribution in [0.15, 0.2) is 0 Å². The first-order valence-corrected chi connectivity index (χ1v) is 6.99. The molecule has 0 spiro atoms. The second-order valence-electron chi connectivity index (χ2n) is 5.98. The molecule has 2 amide bonds. The number of carbonyl (C=O) groups excluding carboxylic acids is 1. The number of ether oxygens (including phenoxy) is 1. The van der Waals surface area contributed by atoms with E-state index in [2.05, 4.69) is 5.32 Å². The number of aliphatic carboxylic acids is 1. The van der Waals surface area contributed by atoms with Gasteiger partial charge in [-0.3, -0.25) is 0 Å². The molecule has 0 aromatic carbocycles. The van der Waals surface area contributed by atoms with Crippen LogP contribution in [0.1, 0.15) is 25.7 Å². The quantitative estimate of drug-likeness (QED) is 0.771. The lowest BCUT2D eigenvalue weighted by Gasteiger charge is -2.27. The summed E-state index contributed by atoms with van der Waals surface area (Å²) < 4.78 is 5.15. The van der Waals surface area contributed by atoms with Crippen LogP contribution in [0.3, 0.4) is 0 Å². The zero-order valence-electron chi connectivity index (χ0n) is 10.9. The minimum atomic E-state index is -1.23. The summed E-state index contributed by atoms with van der Waals surface area (Å²) in [6.45, 7) is 1.99. The Labute approximate surface area is 112 Å². The SMILES string of the molecule is O=C(NC1(C(=O)O)CCOC1)N1CC2CCCC2C1. The molecular weight excluding hydrogens is 248 g/mol. The number of rotatable bonds is 2. The Hall–Kier alpha value is -1.30. The Balaban J connectivity index is 1.63. The second-order valence-corrected chi connectivity index (χ2v) is 5.98. The molecule has 2 N–H and O–H groups in total. The van der Waals surface area contributed by atoms with Gasteiger partial charge in [0.2, 0.25) is 0 Å². The summed E-state index contributed by atoms with van der Waals surface area (Å²) in [6, 6.07) is -0.248. The van der Waals surface area contributed by atoms with E-state index in [0.29, 0.717) is 24.9 Å². The van der Waals surface area contributed by atoms with Crippen molar-refractivity contribution in [2.75, 3.05) is 26.3 Å². The molecule has 3 fully saturated rings. The molecular formula is C13H20N2O4. The molecule has 1 saturated carbocycles. The van der Waals surface area contributed by atoms with Crippen molar-refractivity contribution in [2.24, 2.45) is 11.8 Å². The molecule has 3 atom stereocenters. The number of likely N-dealkylation sites (tertiary alicyclic amines) is 1. The minimum Gasteiger partial charge on any atom is -0.479 e. The van der Waals surface area contributed by atoms with Gasteiger partial charge in [0.1, 0.15) is 0 Å². The van der Waals surface area contributed by atoms with Crippen LogP contribution in [-0.4, -0.2) is 53.8 Å².